The van der Waals surface area contributed by atoms with Crippen molar-refractivity contribution in [3.8, 4) is 0 Å². The predicted molar refractivity (Wildman–Crippen MR) is 72.5 cm³/mol. The molecule has 2 aromatic heterocycles. The van der Waals surface area contributed by atoms with Gasteiger partial charge in [0, 0.05) is 29.8 Å². The Morgan fingerprint density at radius 2 is 1.86 bits per heavy atom. The summed E-state index contributed by atoms with van der Waals surface area (Å²) < 4.78 is 39.3. The fourth-order valence-corrected chi connectivity index (χ4v) is 2.01. The lowest BCUT2D eigenvalue weighted by Gasteiger charge is -2.11. The molecule has 0 saturated carbocycles. The van der Waals surface area contributed by atoms with Crippen molar-refractivity contribution in [1.29, 1.82) is 0 Å². The lowest BCUT2D eigenvalue weighted by atomic mass is 10.2. The maximum Gasteiger partial charge on any atom is 0.416 e. The highest BCUT2D eigenvalue weighted by Gasteiger charge is 2.29. The summed E-state index contributed by atoms with van der Waals surface area (Å²) in [6.45, 7) is 1.83. The van der Waals surface area contributed by atoms with Crippen LogP contribution < -0.4 is 5.32 Å². The van der Waals surface area contributed by atoms with Gasteiger partial charge >= 0.3 is 6.18 Å². The molecule has 4 nitrogen and oxygen atoms in total. The second-order valence-corrected chi connectivity index (χ2v) is 4.58. The van der Waals surface area contributed by atoms with Crippen molar-refractivity contribution in [1.82, 2.24) is 14.4 Å². The first kappa shape index (κ1) is 13.4. The van der Waals surface area contributed by atoms with Crippen molar-refractivity contribution in [3.05, 3.63) is 54.0 Å². The van der Waals surface area contributed by atoms with Crippen molar-refractivity contribution in [2.24, 2.45) is 0 Å². The van der Waals surface area contributed by atoms with E-state index in [1.165, 1.54) is 12.1 Å². The summed E-state index contributed by atoms with van der Waals surface area (Å²) in [5.41, 5.74) is 0.651. The van der Waals surface area contributed by atoms with Crippen LogP contribution in [-0.2, 0) is 6.18 Å². The maximum atomic E-state index is 12.5. The van der Waals surface area contributed by atoms with Crippen LogP contribution in [0.25, 0.3) is 5.78 Å². The molecule has 3 rings (SSSR count). The van der Waals surface area contributed by atoms with E-state index in [2.05, 4.69) is 15.3 Å². The largest absolute Gasteiger partial charge is 0.416 e. The number of aromatic nitrogens is 3. The molecule has 0 fully saturated rings. The number of hydrogen-bond acceptors (Lipinski definition) is 3. The lowest BCUT2D eigenvalue weighted by Crippen LogP contribution is -2.05. The van der Waals surface area contributed by atoms with E-state index in [1.807, 2.05) is 6.92 Å². The number of nitrogens with one attached hydrogen (secondary N) is 1. The number of halogens is 3. The molecule has 21 heavy (non-hydrogen) atoms. The van der Waals surface area contributed by atoms with Crippen molar-refractivity contribution in [2.75, 3.05) is 5.32 Å². The van der Waals surface area contributed by atoms with Crippen molar-refractivity contribution < 1.29 is 13.2 Å². The summed E-state index contributed by atoms with van der Waals surface area (Å²) in [6.07, 6.45) is -0.989. The summed E-state index contributed by atoms with van der Waals surface area (Å²) in [4.78, 5) is 8.34. The van der Waals surface area contributed by atoms with Crippen LogP contribution in [0.5, 0.6) is 0 Å². The number of benzene rings is 1. The van der Waals surface area contributed by atoms with Gasteiger partial charge in [0.25, 0.3) is 0 Å². The smallest absolute Gasteiger partial charge is 0.341 e. The Bertz CT molecular complexity index is 775. The number of imidazole rings is 1. The minimum atomic E-state index is -4.33. The van der Waals surface area contributed by atoms with Gasteiger partial charge in [0.1, 0.15) is 5.82 Å². The second kappa shape index (κ2) is 4.76. The van der Waals surface area contributed by atoms with Gasteiger partial charge in [0.05, 0.1) is 5.56 Å². The third-order valence-electron chi connectivity index (χ3n) is 2.99. The van der Waals surface area contributed by atoms with Gasteiger partial charge in [-0.15, -0.1) is 0 Å². The van der Waals surface area contributed by atoms with E-state index >= 15 is 0 Å². The zero-order valence-electron chi connectivity index (χ0n) is 11.0. The van der Waals surface area contributed by atoms with E-state index in [-0.39, 0.29) is 0 Å². The number of anilines is 2. The van der Waals surface area contributed by atoms with Crippen LogP contribution in [0.1, 0.15) is 11.3 Å². The molecule has 0 aliphatic carbocycles. The minimum absolute atomic E-state index is 0.532. The molecule has 108 valence electrons. The summed E-state index contributed by atoms with van der Waals surface area (Å²) in [6, 6.07) is 6.66. The standard InChI is InChI=1S/C14H11F3N4/c1-9-8-12(21-7-6-18-13(21)19-9)20-11-4-2-10(3-5-11)14(15,16)17/h2-8,20H,1H3. The van der Waals surface area contributed by atoms with Crippen molar-refractivity contribution >= 4 is 17.3 Å². The van der Waals surface area contributed by atoms with Gasteiger partial charge in [-0.2, -0.15) is 13.2 Å². The first-order valence-electron chi connectivity index (χ1n) is 6.18. The average molecular weight is 292 g/mol. The van der Waals surface area contributed by atoms with Crippen LogP contribution in [-0.4, -0.2) is 14.4 Å². The average Bonchev–Trinajstić information content (AvgIpc) is 2.86. The maximum absolute atomic E-state index is 12.5. The summed E-state index contributed by atoms with van der Waals surface area (Å²) in [5.74, 6) is 1.22. The molecule has 0 aliphatic heterocycles. The fraction of sp³-hybridized carbons (Fsp3) is 0.143. The molecule has 7 heteroatoms. The first-order chi connectivity index (χ1) is 9.93. The van der Waals surface area contributed by atoms with Gasteiger partial charge in [-0.05, 0) is 31.2 Å². The molecule has 0 radical (unpaired) electrons. The molecule has 0 bridgehead atoms. The summed E-state index contributed by atoms with van der Waals surface area (Å²) >= 11 is 0. The van der Waals surface area contributed by atoms with Gasteiger partial charge in [-0.25, -0.2) is 9.97 Å². The molecule has 0 spiro atoms. The van der Waals surface area contributed by atoms with Gasteiger partial charge in [0.15, 0.2) is 0 Å². The van der Waals surface area contributed by atoms with E-state index < -0.39 is 11.7 Å². The quantitative estimate of drug-likeness (QED) is 0.781. The molecule has 3 aromatic rings. The zero-order chi connectivity index (χ0) is 15.0. The molecule has 0 unspecified atom stereocenters. The fourth-order valence-electron chi connectivity index (χ4n) is 2.01. The molecule has 1 aromatic carbocycles. The molecule has 2 heterocycles. The topological polar surface area (TPSA) is 42.2 Å². The van der Waals surface area contributed by atoms with Crippen molar-refractivity contribution in [2.45, 2.75) is 13.1 Å². The van der Waals surface area contributed by atoms with Crippen LogP contribution in [0.15, 0.2) is 42.7 Å². The van der Waals surface area contributed by atoms with E-state index in [9.17, 15) is 13.2 Å². The second-order valence-electron chi connectivity index (χ2n) is 4.58. The number of aryl methyl sites for hydroxylation is 1. The van der Waals surface area contributed by atoms with E-state index in [0.717, 1.165) is 17.8 Å². The summed E-state index contributed by atoms with van der Waals surface area (Å²) in [7, 11) is 0. The van der Waals surface area contributed by atoms with Crippen LogP contribution in [0.4, 0.5) is 24.7 Å². The molecule has 0 aliphatic rings. The number of fused-ring (bicyclic) bond motifs is 1. The number of rotatable bonds is 2. The molecule has 1 N–H and O–H groups in total. The zero-order valence-corrected chi connectivity index (χ0v) is 11.0. The summed E-state index contributed by atoms with van der Waals surface area (Å²) in [5, 5.41) is 3.07. The number of alkyl halides is 3. The van der Waals surface area contributed by atoms with E-state index in [0.29, 0.717) is 17.3 Å². The Morgan fingerprint density at radius 3 is 2.52 bits per heavy atom. The Labute approximate surface area is 118 Å². The van der Waals surface area contributed by atoms with Gasteiger partial charge in [-0.3, -0.25) is 4.40 Å². The Hall–Kier alpha value is -2.57. The highest BCUT2D eigenvalue weighted by molar-refractivity contribution is 5.59. The number of nitrogens with zero attached hydrogens (tertiary/aromatic N) is 3. The Balaban J connectivity index is 1.93. The Kier molecular flexibility index (Phi) is 3.04. The Morgan fingerprint density at radius 1 is 1.14 bits per heavy atom. The van der Waals surface area contributed by atoms with Crippen LogP contribution in [0.2, 0.25) is 0 Å². The van der Waals surface area contributed by atoms with Gasteiger partial charge in [0.2, 0.25) is 5.78 Å². The number of hydrogen-bond donors (Lipinski definition) is 1. The van der Waals surface area contributed by atoms with Crippen molar-refractivity contribution in [3.63, 3.8) is 0 Å². The third kappa shape index (κ3) is 2.67. The minimum Gasteiger partial charge on any atom is -0.341 e. The predicted octanol–water partition coefficient (Wildman–Crippen LogP) is 3.80. The first-order valence-corrected chi connectivity index (χ1v) is 6.18. The third-order valence-corrected chi connectivity index (χ3v) is 2.99. The van der Waals surface area contributed by atoms with E-state index in [4.69, 9.17) is 0 Å². The highest BCUT2D eigenvalue weighted by Crippen LogP contribution is 2.30. The van der Waals surface area contributed by atoms with Gasteiger partial charge < -0.3 is 5.32 Å². The molecular weight excluding hydrogens is 281 g/mol. The van der Waals surface area contributed by atoms with Gasteiger partial charge in [-0.1, -0.05) is 0 Å². The lowest BCUT2D eigenvalue weighted by molar-refractivity contribution is -0.137. The highest BCUT2D eigenvalue weighted by atomic mass is 19.4. The molecular formula is C14H11F3N4. The normalized spacial score (nSPS) is 11.8. The van der Waals surface area contributed by atoms with Crippen LogP contribution in [0, 0.1) is 6.92 Å². The van der Waals surface area contributed by atoms with Crippen LogP contribution >= 0.6 is 0 Å². The molecule has 0 saturated heterocycles. The van der Waals surface area contributed by atoms with E-state index in [1.54, 1.807) is 22.9 Å². The monoisotopic (exact) mass is 292 g/mol. The molecule has 0 atom stereocenters. The SMILES string of the molecule is Cc1cc(Nc2ccc(C(F)(F)F)cc2)n2ccnc2n1. The van der Waals surface area contributed by atoms with Crippen LogP contribution in [0.3, 0.4) is 0 Å². The molecule has 0 amide bonds.